The molecule has 0 aromatic rings. The zero-order valence-electron chi connectivity index (χ0n) is 8.72. The molecule has 0 radical (unpaired) electrons. The van der Waals surface area contributed by atoms with Crippen LogP contribution in [0.4, 0.5) is 0 Å². The highest BCUT2D eigenvalue weighted by Crippen LogP contribution is 1.98. The first-order chi connectivity index (χ1) is 7.15. The van der Waals surface area contributed by atoms with Crippen molar-refractivity contribution in [1.82, 2.24) is 0 Å². The van der Waals surface area contributed by atoms with Crippen molar-refractivity contribution in [2.24, 2.45) is 5.73 Å². The molecule has 1 unspecified atom stereocenters. The summed E-state index contributed by atoms with van der Waals surface area (Å²) in [5.41, 5.74) is 5.35. The van der Waals surface area contributed by atoms with E-state index in [2.05, 4.69) is 12.6 Å². The molecule has 6 heteroatoms. The number of hydrogen-bond donors (Lipinski definition) is 2. The number of rotatable bonds is 8. The molecular weight excluding hydrogens is 218 g/mol. The zero-order valence-corrected chi connectivity index (χ0v) is 9.61. The second-order valence-corrected chi connectivity index (χ2v) is 3.32. The molecular formula is C9H17NO4S. The van der Waals surface area contributed by atoms with Gasteiger partial charge in [-0.25, -0.2) is 0 Å². The largest absolute Gasteiger partial charge is 0.427 e. The molecule has 0 saturated carbocycles. The Hall–Kier alpha value is -0.590. The fraction of sp³-hybridized carbons (Fsp3) is 0.778. The van der Waals surface area contributed by atoms with Crippen LogP contribution in [0.15, 0.2) is 0 Å². The first-order valence-corrected chi connectivity index (χ1v) is 5.42. The predicted molar refractivity (Wildman–Crippen MR) is 58.6 cm³/mol. The van der Waals surface area contributed by atoms with Gasteiger partial charge in [-0.1, -0.05) is 13.3 Å². The van der Waals surface area contributed by atoms with Crippen molar-refractivity contribution in [3.63, 3.8) is 0 Å². The maximum Gasteiger partial charge on any atom is 0.326 e. The fourth-order valence-electron chi connectivity index (χ4n) is 0.721. The van der Waals surface area contributed by atoms with Crippen molar-refractivity contribution in [3.05, 3.63) is 0 Å². The smallest absolute Gasteiger partial charge is 0.326 e. The van der Waals surface area contributed by atoms with Crippen LogP contribution in [0.25, 0.3) is 0 Å². The minimum absolute atomic E-state index is 0.166. The summed E-state index contributed by atoms with van der Waals surface area (Å²) in [6, 6.07) is -0.828. The summed E-state index contributed by atoms with van der Waals surface area (Å²) in [6.45, 7) is 2.37. The van der Waals surface area contributed by atoms with Crippen molar-refractivity contribution in [3.8, 4) is 0 Å². The van der Waals surface area contributed by atoms with Crippen LogP contribution in [0, 0.1) is 0 Å². The van der Waals surface area contributed by atoms with Gasteiger partial charge in [-0.05, 0) is 6.42 Å². The highest BCUT2D eigenvalue weighted by molar-refractivity contribution is 7.80. The number of esters is 1. The molecule has 0 rings (SSSR count). The van der Waals surface area contributed by atoms with Crippen LogP contribution in [0.5, 0.6) is 0 Å². The van der Waals surface area contributed by atoms with Crippen molar-refractivity contribution < 1.29 is 19.1 Å². The molecule has 0 aliphatic heterocycles. The van der Waals surface area contributed by atoms with E-state index in [1.165, 1.54) is 0 Å². The molecule has 0 aliphatic carbocycles. The number of ether oxygens (including phenoxy) is 2. The van der Waals surface area contributed by atoms with Crippen molar-refractivity contribution in [2.45, 2.75) is 32.1 Å². The molecule has 2 atom stereocenters. The minimum atomic E-state index is -1.16. The van der Waals surface area contributed by atoms with Crippen LogP contribution in [-0.4, -0.2) is 36.9 Å². The van der Waals surface area contributed by atoms with E-state index in [1.807, 2.05) is 6.92 Å². The van der Waals surface area contributed by atoms with Gasteiger partial charge in [0.05, 0.1) is 6.61 Å². The number of thiol groups is 1. The van der Waals surface area contributed by atoms with E-state index in [0.29, 0.717) is 12.9 Å². The molecule has 0 bridgehead atoms. The lowest BCUT2D eigenvalue weighted by Crippen LogP contribution is -2.37. The normalized spacial score (nSPS) is 14.3. The first-order valence-electron chi connectivity index (χ1n) is 4.79. The maximum absolute atomic E-state index is 11.1. The van der Waals surface area contributed by atoms with E-state index in [0.717, 1.165) is 12.8 Å². The van der Waals surface area contributed by atoms with Crippen LogP contribution in [0.3, 0.4) is 0 Å². The number of carbonyl (C=O) groups excluding carboxylic acids is 2. The minimum Gasteiger partial charge on any atom is -0.427 e. The molecule has 0 spiro atoms. The van der Waals surface area contributed by atoms with Crippen LogP contribution in [-0.2, 0) is 19.1 Å². The van der Waals surface area contributed by atoms with Crippen molar-refractivity contribution in [1.29, 1.82) is 0 Å². The van der Waals surface area contributed by atoms with Gasteiger partial charge in [-0.15, -0.1) is 0 Å². The first kappa shape index (κ1) is 14.4. The number of hydrogen-bond acceptors (Lipinski definition) is 6. The lowest BCUT2D eigenvalue weighted by Gasteiger charge is -2.14. The lowest BCUT2D eigenvalue weighted by molar-refractivity contribution is -0.179. The summed E-state index contributed by atoms with van der Waals surface area (Å²) in [5.74, 6) is -0.516. The molecule has 2 N–H and O–H groups in total. The van der Waals surface area contributed by atoms with E-state index < -0.39 is 18.3 Å². The van der Waals surface area contributed by atoms with Gasteiger partial charge in [-0.3, -0.25) is 9.59 Å². The quantitative estimate of drug-likeness (QED) is 0.205. The molecule has 0 saturated heterocycles. The third-order valence-corrected chi connectivity index (χ3v) is 2.02. The van der Waals surface area contributed by atoms with Crippen molar-refractivity contribution >= 4 is 24.9 Å². The molecule has 0 aromatic heterocycles. The number of carbonyl (C=O) groups is 2. The number of nitrogens with two attached hydrogens (primary N) is 1. The Morgan fingerprint density at radius 1 is 1.60 bits per heavy atom. The topological polar surface area (TPSA) is 78.6 Å². The van der Waals surface area contributed by atoms with Crippen molar-refractivity contribution in [2.75, 3.05) is 12.4 Å². The molecule has 88 valence electrons. The Balaban J connectivity index is 3.87. The van der Waals surface area contributed by atoms with E-state index in [1.54, 1.807) is 0 Å². The molecule has 15 heavy (non-hydrogen) atoms. The molecule has 0 fully saturated rings. The SMILES string of the molecule is CCCCOC(C=O)OC(=O)[C@@H](N)CS. The highest BCUT2D eigenvalue weighted by Gasteiger charge is 2.18. The molecule has 0 aromatic carbocycles. The summed E-state index contributed by atoms with van der Waals surface area (Å²) in [7, 11) is 0. The summed E-state index contributed by atoms with van der Waals surface area (Å²) in [5, 5.41) is 0. The summed E-state index contributed by atoms with van der Waals surface area (Å²) < 4.78 is 9.70. The maximum atomic E-state index is 11.1. The Kier molecular flexibility index (Phi) is 8.35. The van der Waals surface area contributed by atoms with Gasteiger partial charge < -0.3 is 15.2 Å². The van der Waals surface area contributed by atoms with Gasteiger partial charge in [0.1, 0.15) is 6.04 Å². The van der Waals surface area contributed by atoms with Gasteiger partial charge in [0.25, 0.3) is 6.29 Å². The van der Waals surface area contributed by atoms with Crippen LogP contribution in [0.1, 0.15) is 19.8 Å². The third kappa shape index (κ3) is 6.48. The summed E-state index contributed by atoms with van der Waals surface area (Å²) in [4.78, 5) is 21.6. The zero-order chi connectivity index (χ0) is 11.7. The van der Waals surface area contributed by atoms with E-state index in [-0.39, 0.29) is 5.75 Å². The molecule has 0 heterocycles. The summed E-state index contributed by atoms with van der Waals surface area (Å²) >= 11 is 3.84. The monoisotopic (exact) mass is 235 g/mol. The number of unbranched alkanes of at least 4 members (excludes halogenated alkanes) is 1. The molecule has 0 amide bonds. The Morgan fingerprint density at radius 2 is 2.27 bits per heavy atom. The fourth-order valence-corrected chi connectivity index (χ4v) is 0.870. The van der Waals surface area contributed by atoms with E-state index >= 15 is 0 Å². The second-order valence-electron chi connectivity index (χ2n) is 2.95. The number of aldehydes is 1. The van der Waals surface area contributed by atoms with E-state index in [4.69, 9.17) is 15.2 Å². The van der Waals surface area contributed by atoms with Gasteiger partial charge >= 0.3 is 5.97 Å². The van der Waals surface area contributed by atoms with Gasteiger partial charge in [0.2, 0.25) is 0 Å². The van der Waals surface area contributed by atoms with Crippen LogP contribution >= 0.6 is 12.6 Å². The Morgan fingerprint density at radius 3 is 2.73 bits per heavy atom. The van der Waals surface area contributed by atoms with E-state index in [9.17, 15) is 9.59 Å². The standard InChI is InChI=1S/C9H17NO4S/c1-2-3-4-13-8(5-11)14-9(12)7(10)6-15/h5,7-8,15H,2-4,6,10H2,1H3/t7-,8?/m0/s1. The van der Waals surface area contributed by atoms with Crippen LogP contribution < -0.4 is 5.73 Å². The second kappa shape index (κ2) is 8.70. The lowest BCUT2D eigenvalue weighted by atomic mass is 10.4. The molecule has 5 nitrogen and oxygen atoms in total. The third-order valence-electron chi connectivity index (χ3n) is 1.62. The van der Waals surface area contributed by atoms with Crippen LogP contribution in [0.2, 0.25) is 0 Å². The molecule has 0 aliphatic rings. The van der Waals surface area contributed by atoms with Gasteiger partial charge in [0.15, 0.2) is 6.29 Å². The highest BCUT2D eigenvalue weighted by atomic mass is 32.1. The van der Waals surface area contributed by atoms with Gasteiger partial charge in [0, 0.05) is 5.75 Å². The average Bonchev–Trinajstić information content (AvgIpc) is 2.26. The average molecular weight is 235 g/mol. The predicted octanol–water partition coefficient (Wildman–Crippen LogP) is 0.128. The van der Waals surface area contributed by atoms with Gasteiger partial charge in [-0.2, -0.15) is 12.6 Å². The summed E-state index contributed by atoms with van der Waals surface area (Å²) in [6.07, 6.45) is 1.02. The Labute approximate surface area is 94.7 Å². The Bertz CT molecular complexity index is 201.